The van der Waals surface area contributed by atoms with Crippen molar-refractivity contribution in [3.05, 3.63) is 0 Å². The summed E-state index contributed by atoms with van der Waals surface area (Å²) >= 11 is 0. The number of aliphatic hydroxyl groups is 1. The largest absolute Gasteiger partial charge is 0.391 e. The molecule has 2 aliphatic rings. The second-order valence-corrected chi connectivity index (χ2v) is 5.37. The van der Waals surface area contributed by atoms with E-state index in [0.29, 0.717) is 12.6 Å². The first kappa shape index (κ1) is 12.3. The van der Waals surface area contributed by atoms with Gasteiger partial charge in [-0.25, -0.2) is 0 Å². The predicted molar refractivity (Wildman–Crippen MR) is 64.4 cm³/mol. The average Bonchev–Trinajstić information content (AvgIpc) is 2.90. The molecular formula is C13H25NO2. The smallest absolute Gasteiger partial charge is 0.0776 e. The Morgan fingerprint density at radius 3 is 2.69 bits per heavy atom. The van der Waals surface area contributed by atoms with Gasteiger partial charge in [0, 0.05) is 6.04 Å². The minimum absolute atomic E-state index is 0.246. The van der Waals surface area contributed by atoms with Gasteiger partial charge in [-0.2, -0.15) is 0 Å². The van der Waals surface area contributed by atoms with Crippen LogP contribution < -0.4 is 5.32 Å². The molecule has 1 heterocycles. The van der Waals surface area contributed by atoms with Crippen LogP contribution in [0.3, 0.4) is 0 Å². The van der Waals surface area contributed by atoms with Crippen LogP contribution in [0.5, 0.6) is 0 Å². The summed E-state index contributed by atoms with van der Waals surface area (Å²) in [5, 5.41) is 13.2. The molecule has 2 N–H and O–H groups in total. The Hall–Kier alpha value is -0.120. The van der Waals surface area contributed by atoms with Gasteiger partial charge in [0.15, 0.2) is 0 Å². The lowest BCUT2D eigenvalue weighted by Crippen LogP contribution is -2.29. The summed E-state index contributed by atoms with van der Waals surface area (Å²) in [4.78, 5) is 0. The van der Waals surface area contributed by atoms with Gasteiger partial charge in [0.05, 0.1) is 19.3 Å². The quantitative estimate of drug-likeness (QED) is 0.725. The molecule has 3 heteroatoms. The zero-order valence-electron chi connectivity index (χ0n) is 10.2. The Labute approximate surface area is 98.6 Å². The lowest BCUT2D eigenvalue weighted by molar-refractivity contribution is 0.0180. The maximum Gasteiger partial charge on any atom is 0.0776 e. The number of rotatable bonds is 6. The highest BCUT2D eigenvalue weighted by Gasteiger charge is 2.19. The van der Waals surface area contributed by atoms with Crippen molar-refractivity contribution in [1.29, 1.82) is 0 Å². The Bertz CT molecular complexity index is 186. The first-order valence-corrected chi connectivity index (χ1v) is 6.84. The summed E-state index contributed by atoms with van der Waals surface area (Å²) in [5.41, 5.74) is 0. The van der Waals surface area contributed by atoms with E-state index >= 15 is 0 Å². The molecule has 2 rings (SSSR count). The highest BCUT2D eigenvalue weighted by Crippen LogP contribution is 2.28. The molecule has 16 heavy (non-hydrogen) atoms. The van der Waals surface area contributed by atoms with E-state index in [1.54, 1.807) is 0 Å². The van der Waals surface area contributed by atoms with Crippen LogP contribution in [0.4, 0.5) is 0 Å². The van der Waals surface area contributed by atoms with E-state index in [9.17, 15) is 5.11 Å². The summed E-state index contributed by atoms with van der Waals surface area (Å²) in [7, 11) is 0. The van der Waals surface area contributed by atoms with Gasteiger partial charge < -0.3 is 15.2 Å². The van der Waals surface area contributed by atoms with Gasteiger partial charge in [-0.05, 0) is 31.7 Å². The summed E-state index contributed by atoms with van der Waals surface area (Å²) in [6, 6.07) is 0.527. The zero-order valence-corrected chi connectivity index (χ0v) is 10.2. The zero-order chi connectivity index (χ0) is 11.2. The van der Waals surface area contributed by atoms with Crippen LogP contribution in [0, 0.1) is 5.92 Å². The second kappa shape index (κ2) is 6.58. The average molecular weight is 227 g/mol. The molecule has 2 atom stereocenters. The van der Waals surface area contributed by atoms with Crippen molar-refractivity contribution in [2.75, 3.05) is 19.8 Å². The van der Waals surface area contributed by atoms with Crippen LogP contribution in [-0.2, 0) is 4.74 Å². The van der Waals surface area contributed by atoms with Crippen molar-refractivity contribution in [3.8, 4) is 0 Å². The molecule has 0 bridgehead atoms. The van der Waals surface area contributed by atoms with Crippen LogP contribution >= 0.6 is 0 Å². The molecular weight excluding hydrogens is 202 g/mol. The van der Waals surface area contributed by atoms with Crippen LogP contribution in [0.15, 0.2) is 0 Å². The standard InChI is InChI=1S/C13H25NO2/c15-13(8-11-4-1-2-5-11)10-16-9-12-6-3-7-14-12/h11-15H,1-10H2. The first-order chi connectivity index (χ1) is 7.84. The Kier molecular flexibility index (Phi) is 5.07. The van der Waals surface area contributed by atoms with E-state index in [4.69, 9.17) is 4.74 Å². The fourth-order valence-electron chi connectivity index (χ4n) is 2.94. The summed E-state index contributed by atoms with van der Waals surface area (Å²) < 4.78 is 5.58. The fourth-order valence-corrected chi connectivity index (χ4v) is 2.94. The molecule has 2 unspecified atom stereocenters. The number of hydrogen-bond donors (Lipinski definition) is 2. The fraction of sp³-hybridized carbons (Fsp3) is 1.00. The highest BCUT2D eigenvalue weighted by molar-refractivity contribution is 4.74. The van der Waals surface area contributed by atoms with Gasteiger partial charge in [-0.15, -0.1) is 0 Å². The third-order valence-electron chi connectivity index (χ3n) is 3.87. The second-order valence-electron chi connectivity index (χ2n) is 5.37. The van der Waals surface area contributed by atoms with Crippen molar-refractivity contribution >= 4 is 0 Å². The third kappa shape index (κ3) is 4.04. The van der Waals surface area contributed by atoms with Gasteiger partial charge in [-0.1, -0.05) is 25.7 Å². The molecule has 2 fully saturated rings. The molecule has 94 valence electrons. The van der Waals surface area contributed by atoms with Crippen LogP contribution in [0.1, 0.15) is 44.9 Å². The number of nitrogens with one attached hydrogen (secondary N) is 1. The molecule has 1 saturated heterocycles. The maximum atomic E-state index is 9.84. The van der Waals surface area contributed by atoms with E-state index in [-0.39, 0.29) is 6.10 Å². The van der Waals surface area contributed by atoms with Crippen molar-refractivity contribution in [2.24, 2.45) is 5.92 Å². The van der Waals surface area contributed by atoms with Crippen molar-refractivity contribution in [2.45, 2.75) is 57.1 Å². The number of aliphatic hydroxyl groups excluding tert-OH is 1. The van der Waals surface area contributed by atoms with Gasteiger partial charge in [0.1, 0.15) is 0 Å². The highest BCUT2D eigenvalue weighted by atomic mass is 16.5. The molecule has 1 aliphatic heterocycles. The Morgan fingerprint density at radius 1 is 1.19 bits per heavy atom. The molecule has 0 aromatic rings. The number of hydrogen-bond acceptors (Lipinski definition) is 3. The van der Waals surface area contributed by atoms with Crippen molar-refractivity contribution < 1.29 is 9.84 Å². The summed E-state index contributed by atoms with van der Waals surface area (Å²) in [6.45, 7) is 2.41. The molecule has 0 aromatic carbocycles. The van der Waals surface area contributed by atoms with E-state index < -0.39 is 0 Å². The van der Waals surface area contributed by atoms with Crippen LogP contribution in [-0.4, -0.2) is 37.0 Å². The lowest BCUT2D eigenvalue weighted by Gasteiger charge is -2.17. The molecule has 1 saturated carbocycles. The van der Waals surface area contributed by atoms with E-state index in [2.05, 4.69) is 5.32 Å². The SMILES string of the molecule is OC(COCC1CCCN1)CC1CCCC1. The molecule has 0 aromatic heterocycles. The third-order valence-corrected chi connectivity index (χ3v) is 3.87. The van der Waals surface area contributed by atoms with E-state index in [1.165, 1.54) is 38.5 Å². The minimum Gasteiger partial charge on any atom is -0.391 e. The Morgan fingerprint density at radius 2 is 2.00 bits per heavy atom. The molecule has 3 nitrogen and oxygen atoms in total. The van der Waals surface area contributed by atoms with E-state index in [1.807, 2.05) is 0 Å². The first-order valence-electron chi connectivity index (χ1n) is 6.84. The molecule has 1 aliphatic carbocycles. The molecule has 0 radical (unpaired) electrons. The van der Waals surface area contributed by atoms with Crippen LogP contribution in [0.25, 0.3) is 0 Å². The van der Waals surface area contributed by atoms with E-state index in [0.717, 1.165) is 25.5 Å². The predicted octanol–water partition coefficient (Wildman–Crippen LogP) is 1.70. The van der Waals surface area contributed by atoms with Crippen molar-refractivity contribution in [3.63, 3.8) is 0 Å². The minimum atomic E-state index is -0.246. The van der Waals surface area contributed by atoms with Gasteiger partial charge in [0.2, 0.25) is 0 Å². The molecule has 0 amide bonds. The normalized spacial score (nSPS) is 28.7. The van der Waals surface area contributed by atoms with Gasteiger partial charge >= 0.3 is 0 Å². The lowest BCUT2D eigenvalue weighted by atomic mass is 10.0. The Balaban J connectivity index is 1.51. The monoisotopic (exact) mass is 227 g/mol. The topological polar surface area (TPSA) is 41.5 Å². The molecule has 0 spiro atoms. The number of ether oxygens (including phenoxy) is 1. The summed E-state index contributed by atoms with van der Waals surface area (Å²) in [5.74, 6) is 0.753. The van der Waals surface area contributed by atoms with Crippen LogP contribution in [0.2, 0.25) is 0 Å². The van der Waals surface area contributed by atoms with Gasteiger partial charge in [-0.3, -0.25) is 0 Å². The van der Waals surface area contributed by atoms with Crippen molar-refractivity contribution in [1.82, 2.24) is 5.32 Å². The maximum absolute atomic E-state index is 9.84. The van der Waals surface area contributed by atoms with Gasteiger partial charge in [0.25, 0.3) is 0 Å². The summed E-state index contributed by atoms with van der Waals surface area (Å²) in [6.07, 6.45) is 8.50.